The SMILES string of the molecule is O=C(O)C(=O)C(c1ccccc1)C1CCCC1. The van der Waals surface area contributed by atoms with Crippen LogP contribution in [0.4, 0.5) is 0 Å². The Labute approximate surface area is 100 Å². The minimum absolute atomic E-state index is 0.195. The molecule has 1 aliphatic carbocycles. The predicted octanol–water partition coefficient (Wildman–Crippen LogP) is 2.61. The van der Waals surface area contributed by atoms with Crippen LogP contribution in [0.3, 0.4) is 0 Å². The number of carbonyl (C=O) groups is 2. The van der Waals surface area contributed by atoms with Crippen LogP contribution in [0.5, 0.6) is 0 Å². The van der Waals surface area contributed by atoms with Crippen molar-refractivity contribution in [3.63, 3.8) is 0 Å². The second kappa shape index (κ2) is 5.13. The van der Waals surface area contributed by atoms with E-state index in [9.17, 15) is 9.59 Å². The van der Waals surface area contributed by atoms with Crippen molar-refractivity contribution in [2.75, 3.05) is 0 Å². The highest BCUT2D eigenvalue weighted by atomic mass is 16.4. The monoisotopic (exact) mass is 232 g/mol. The second-order valence-corrected chi connectivity index (χ2v) is 4.60. The molecule has 17 heavy (non-hydrogen) atoms. The van der Waals surface area contributed by atoms with Gasteiger partial charge in [-0.3, -0.25) is 4.79 Å². The number of benzene rings is 1. The summed E-state index contributed by atoms with van der Waals surface area (Å²) in [5, 5.41) is 8.92. The quantitative estimate of drug-likeness (QED) is 0.812. The third-order valence-corrected chi connectivity index (χ3v) is 3.52. The average molecular weight is 232 g/mol. The van der Waals surface area contributed by atoms with Crippen LogP contribution >= 0.6 is 0 Å². The maximum Gasteiger partial charge on any atom is 0.372 e. The van der Waals surface area contributed by atoms with Crippen molar-refractivity contribution < 1.29 is 14.7 Å². The third-order valence-electron chi connectivity index (χ3n) is 3.52. The van der Waals surface area contributed by atoms with Crippen LogP contribution in [-0.2, 0) is 9.59 Å². The van der Waals surface area contributed by atoms with Crippen LogP contribution in [0, 0.1) is 5.92 Å². The Hall–Kier alpha value is -1.64. The minimum Gasteiger partial charge on any atom is -0.475 e. The molecule has 3 nitrogen and oxygen atoms in total. The number of hydrogen-bond donors (Lipinski definition) is 1. The van der Waals surface area contributed by atoms with Gasteiger partial charge in [-0.2, -0.15) is 0 Å². The first-order valence-corrected chi connectivity index (χ1v) is 6.02. The Morgan fingerprint density at radius 1 is 1.12 bits per heavy atom. The summed E-state index contributed by atoms with van der Waals surface area (Å²) in [6.07, 6.45) is 4.11. The number of Topliss-reactive ketones (excluding diaryl/α,β-unsaturated/α-hetero) is 1. The molecule has 1 N–H and O–H groups in total. The fourth-order valence-electron chi connectivity index (χ4n) is 2.72. The molecule has 1 aromatic carbocycles. The number of aliphatic carboxylic acids is 1. The van der Waals surface area contributed by atoms with E-state index in [1.165, 1.54) is 0 Å². The van der Waals surface area contributed by atoms with E-state index in [1.54, 1.807) is 0 Å². The van der Waals surface area contributed by atoms with E-state index < -0.39 is 17.7 Å². The van der Waals surface area contributed by atoms with Crippen molar-refractivity contribution in [1.82, 2.24) is 0 Å². The number of hydrogen-bond acceptors (Lipinski definition) is 2. The van der Waals surface area contributed by atoms with E-state index in [2.05, 4.69) is 0 Å². The van der Waals surface area contributed by atoms with Crippen LogP contribution in [0.1, 0.15) is 37.2 Å². The lowest BCUT2D eigenvalue weighted by Gasteiger charge is -2.20. The van der Waals surface area contributed by atoms with Crippen molar-refractivity contribution in [3.8, 4) is 0 Å². The molecule has 1 saturated carbocycles. The van der Waals surface area contributed by atoms with Gasteiger partial charge >= 0.3 is 5.97 Å². The number of ketones is 1. The zero-order chi connectivity index (χ0) is 12.3. The maximum atomic E-state index is 11.8. The van der Waals surface area contributed by atoms with Gasteiger partial charge in [-0.05, 0) is 24.3 Å². The van der Waals surface area contributed by atoms with E-state index in [4.69, 9.17) is 5.11 Å². The molecule has 3 heteroatoms. The van der Waals surface area contributed by atoms with Crippen LogP contribution in [-0.4, -0.2) is 16.9 Å². The van der Waals surface area contributed by atoms with Crippen molar-refractivity contribution >= 4 is 11.8 Å². The predicted molar refractivity (Wildman–Crippen MR) is 63.8 cm³/mol. The Bertz CT molecular complexity index is 405. The van der Waals surface area contributed by atoms with E-state index in [0.29, 0.717) is 0 Å². The van der Waals surface area contributed by atoms with Gasteiger partial charge < -0.3 is 5.11 Å². The zero-order valence-corrected chi connectivity index (χ0v) is 9.63. The fraction of sp³-hybridized carbons (Fsp3) is 0.429. The molecule has 1 fully saturated rings. The third kappa shape index (κ3) is 2.54. The topological polar surface area (TPSA) is 54.4 Å². The van der Waals surface area contributed by atoms with Crippen molar-refractivity contribution in [2.45, 2.75) is 31.6 Å². The highest BCUT2D eigenvalue weighted by molar-refractivity contribution is 6.35. The summed E-state index contributed by atoms with van der Waals surface area (Å²) in [4.78, 5) is 22.8. The first-order valence-electron chi connectivity index (χ1n) is 6.02. The first kappa shape index (κ1) is 11.8. The molecule has 1 atom stereocenters. The standard InChI is InChI=1S/C14H16O3/c15-13(14(16)17)12(11-8-4-5-9-11)10-6-2-1-3-7-10/h1-3,6-7,11-12H,4-5,8-9H2,(H,16,17). The fourth-order valence-corrected chi connectivity index (χ4v) is 2.72. The molecule has 90 valence electrons. The van der Waals surface area contributed by atoms with Crippen molar-refractivity contribution in [2.24, 2.45) is 5.92 Å². The highest BCUT2D eigenvalue weighted by Gasteiger charge is 2.35. The van der Waals surface area contributed by atoms with Crippen LogP contribution in [0.25, 0.3) is 0 Å². The van der Waals surface area contributed by atoms with E-state index >= 15 is 0 Å². The Balaban J connectivity index is 2.30. The lowest BCUT2D eigenvalue weighted by atomic mass is 9.82. The average Bonchev–Trinajstić information content (AvgIpc) is 2.84. The Morgan fingerprint density at radius 3 is 2.24 bits per heavy atom. The zero-order valence-electron chi connectivity index (χ0n) is 9.63. The molecule has 0 aliphatic heterocycles. The molecule has 0 saturated heterocycles. The van der Waals surface area contributed by atoms with Crippen LogP contribution < -0.4 is 0 Å². The summed E-state index contributed by atoms with van der Waals surface area (Å²) in [6, 6.07) is 9.28. The molecule has 0 radical (unpaired) electrons. The lowest BCUT2D eigenvalue weighted by molar-refractivity contribution is -0.150. The summed E-state index contributed by atoms with van der Waals surface area (Å²) in [5.74, 6) is -2.24. The molecule has 1 aliphatic rings. The van der Waals surface area contributed by atoms with Gasteiger partial charge in [0.2, 0.25) is 5.78 Å². The maximum absolute atomic E-state index is 11.8. The molecular formula is C14H16O3. The van der Waals surface area contributed by atoms with Gasteiger partial charge in [0, 0.05) is 0 Å². The minimum atomic E-state index is -1.31. The molecule has 0 heterocycles. The molecule has 0 bridgehead atoms. The lowest BCUT2D eigenvalue weighted by Crippen LogP contribution is -2.26. The molecule has 0 spiro atoms. The van der Waals surface area contributed by atoms with Gasteiger partial charge in [-0.25, -0.2) is 4.79 Å². The summed E-state index contributed by atoms with van der Waals surface area (Å²) >= 11 is 0. The van der Waals surface area contributed by atoms with Crippen molar-refractivity contribution in [3.05, 3.63) is 35.9 Å². The summed E-state index contributed by atoms with van der Waals surface area (Å²) in [5.41, 5.74) is 0.840. The number of carboxylic acid groups (broad SMARTS) is 1. The van der Waals surface area contributed by atoms with Gasteiger partial charge in [0.05, 0.1) is 5.92 Å². The van der Waals surface area contributed by atoms with Crippen LogP contribution in [0.15, 0.2) is 30.3 Å². The summed E-state index contributed by atoms with van der Waals surface area (Å²) in [6.45, 7) is 0. The molecule has 1 aromatic rings. The number of rotatable bonds is 4. The summed E-state index contributed by atoms with van der Waals surface area (Å²) in [7, 11) is 0. The highest BCUT2D eigenvalue weighted by Crippen LogP contribution is 2.37. The van der Waals surface area contributed by atoms with Crippen molar-refractivity contribution in [1.29, 1.82) is 0 Å². The second-order valence-electron chi connectivity index (χ2n) is 4.60. The van der Waals surface area contributed by atoms with Gasteiger partial charge in [0.15, 0.2) is 0 Å². The number of carboxylic acids is 1. The molecule has 1 unspecified atom stereocenters. The summed E-state index contributed by atoms with van der Waals surface area (Å²) < 4.78 is 0. The van der Waals surface area contributed by atoms with Gasteiger partial charge in [0.1, 0.15) is 0 Å². The molecule has 0 aromatic heterocycles. The Morgan fingerprint density at radius 2 is 1.71 bits per heavy atom. The van der Waals surface area contributed by atoms with Crippen LogP contribution in [0.2, 0.25) is 0 Å². The van der Waals surface area contributed by atoms with Gasteiger partial charge in [-0.15, -0.1) is 0 Å². The molecule has 2 rings (SSSR count). The van der Waals surface area contributed by atoms with E-state index in [1.807, 2.05) is 30.3 Å². The number of carbonyl (C=O) groups excluding carboxylic acids is 1. The normalized spacial score (nSPS) is 17.9. The first-order chi connectivity index (χ1) is 8.20. The molecule has 0 amide bonds. The van der Waals surface area contributed by atoms with E-state index in [-0.39, 0.29) is 5.92 Å². The smallest absolute Gasteiger partial charge is 0.372 e. The van der Waals surface area contributed by atoms with Gasteiger partial charge in [-0.1, -0.05) is 43.2 Å². The molecular weight excluding hydrogens is 216 g/mol. The van der Waals surface area contributed by atoms with Gasteiger partial charge in [0.25, 0.3) is 0 Å². The van der Waals surface area contributed by atoms with E-state index in [0.717, 1.165) is 31.2 Å². The Kier molecular flexibility index (Phi) is 3.57. The largest absolute Gasteiger partial charge is 0.475 e.